The molecule has 0 radical (unpaired) electrons. The highest BCUT2D eigenvalue weighted by Gasteiger charge is 2.77. The highest BCUT2D eigenvalue weighted by atomic mass is 79.9. The molecule has 3 aliphatic heterocycles. The molecule has 3 heterocycles. The van der Waals surface area contributed by atoms with Crippen molar-refractivity contribution in [1.82, 2.24) is 10.2 Å². The van der Waals surface area contributed by atoms with E-state index in [1.807, 2.05) is 72.8 Å². The number of nitrogens with zero attached hydrogens (tertiary/aromatic N) is 2. The monoisotopic (exact) mass is 757 g/mol. The van der Waals surface area contributed by atoms with Gasteiger partial charge in [0.05, 0.1) is 36.6 Å². The second-order valence-electron chi connectivity index (χ2n) is 13.7. The molecule has 2 N–H and O–H groups in total. The highest BCUT2D eigenvalue weighted by molar-refractivity contribution is 9.09. The van der Waals surface area contributed by atoms with Crippen LogP contribution in [0, 0.1) is 11.8 Å². The van der Waals surface area contributed by atoms with Gasteiger partial charge in [0.15, 0.2) is 0 Å². The third-order valence-electron chi connectivity index (χ3n) is 10.4. The molecule has 11 heteroatoms. The van der Waals surface area contributed by atoms with Crippen LogP contribution in [0.2, 0.25) is 0 Å². The summed E-state index contributed by atoms with van der Waals surface area (Å²) in [5, 5.41) is 15.3. The fourth-order valence-electron chi connectivity index (χ4n) is 8.06. The summed E-state index contributed by atoms with van der Waals surface area (Å²) in [6, 6.07) is 20.2. The molecule has 3 saturated heterocycles. The molecule has 3 aromatic carbocycles. The summed E-state index contributed by atoms with van der Waals surface area (Å²) in [7, 11) is 0. The number of carbonyl (C=O) groups excluding carboxylic acids is 4. The Morgan fingerprint density at radius 2 is 1.78 bits per heavy atom. The summed E-state index contributed by atoms with van der Waals surface area (Å²) in [6.45, 7) is 10.8. The SMILES string of the molecule is C=CCCC(=O)N[C@@H](C)[C@H](OC(=O)[C@@H]1[C@H]2O[C@@]3(CC2Br)[C@H](C(=O)N(CC=C)c2ccc4ccccc4c2)N([C@H](C)CO)C(=O)[C@@H]13)c1ccccc1. The number of benzene rings is 3. The first kappa shape index (κ1) is 36.5. The van der Waals surface area contributed by atoms with Gasteiger partial charge in [0.1, 0.15) is 17.7 Å². The van der Waals surface area contributed by atoms with Gasteiger partial charge in [-0.1, -0.05) is 88.7 Å². The predicted molar refractivity (Wildman–Crippen MR) is 198 cm³/mol. The van der Waals surface area contributed by atoms with Crippen LogP contribution in [0.4, 0.5) is 5.69 Å². The van der Waals surface area contributed by atoms with E-state index in [4.69, 9.17) is 9.47 Å². The number of hydrogen-bond donors (Lipinski definition) is 2. The number of halogens is 1. The summed E-state index contributed by atoms with van der Waals surface area (Å²) in [4.78, 5) is 59.3. The first-order valence-electron chi connectivity index (χ1n) is 17.4. The smallest absolute Gasteiger partial charge is 0.313 e. The highest BCUT2D eigenvalue weighted by Crippen LogP contribution is 2.61. The minimum absolute atomic E-state index is 0.158. The topological polar surface area (TPSA) is 125 Å². The molecule has 3 fully saturated rings. The summed E-state index contributed by atoms with van der Waals surface area (Å²) >= 11 is 3.72. The number of alkyl halides is 1. The lowest BCUT2D eigenvalue weighted by Crippen LogP contribution is -2.58. The standard InChI is InChI=1S/C40H44BrN3O7/c1-5-7-17-31(46)42-25(4)34(27-14-9-8-10-15-27)50-39(49)32-33-37(47)44(24(3)23-45)36(40(33)22-30(41)35(32)51-40)38(48)43(20-6-2)29-19-18-26-13-11-12-16-28(26)21-29/h5-6,8-16,18-19,21,24-25,30,32-36,45H,1-2,7,17,20,22-23H2,3-4H3,(H,42,46)/t24-,25+,30?,32+,33-,34+,35+,36+,40-/m1/s1. The van der Waals surface area contributed by atoms with Crippen molar-refractivity contribution >= 4 is 56.1 Å². The number of aliphatic hydroxyl groups excluding tert-OH is 1. The summed E-state index contributed by atoms with van der Waals surface area (Å²) in [5.74, 6) is -3.80. The van der Waals surface area contributed by atoms with Crippen LogP contribution in [0.15, 0.2) is 98.1 Å². The maximum Gasteiger partial charge on any atom is 0.313 e. The van der Waals surface area contributed by atoms with Crippen LogP contribution in [0.1, 0.15) is 44.8 Å². The zero-order valence-electron chi connectivity index (χ0n) is 28.8. The van der Waals surface area contributed by atoms with E-state index >= 15 is 0 Å². The van der Waals surface area contributed by atoms with Gasteiger partial charge in [-0.2, -0.15) is 0 Å². The number of hydrogen-bond acceptors (Lipinski definition) is 7. The van der Waals surface area contributed by atoms with E-state index < -0.39 is 72.2 Å². The van der Waals surface area contributed by atoms with Crippen molar-refractivity contribution in [2.75, 3.05) is 18.1 Å². The third-order valence-corrected chi connectivity index (χ3v) is 11.2. The van der Waals surface area contributed by atoms with Gasteiger partial charge < -0.3 is 29.7 Å². The molecule has 51 heavy (non-hydrogen) atoms. The van der Waals surface area contributed by atoms with Gasteiger partial charge in [-0.25, -0.2) is 0 Å². The zero-order valence-corrected chi connectivity index (χ0v) is 30.4. The zero-order chi connectivity index (χ0) is 36.4. The summed E-state index contributed by atoms with van der Waals surface area (Å²) < 4.78 is 13.0. The molecule has 1 unspecified atom stereocenters. The molecule has 6 rings (SSSR count). The Morgan fingerprint density at radius 3 is 2.47 bits per heavy atom. The molecular weight excluding hydrogens is 714 g/mol. The van der Waals surface area contributed by atoms with Crippen molar-refractivity contribution < 1.29 is 33.8 Å². The fourth-order valence-corrected chi connectivity index (χ4v) is 9.01. The predicted octanol–water partition coefficient (Wildman–Crippen LogP) is 5.24. The van der Waals surface area contributed by atoms with E-state index in [0.29, 0.717) is 24.1 Å². The van der Waals surface area contributed by atoms with Crippen LogP contribution in [-0.4, -0.2) is 81.5 Å². The number of ether oxygens (including phenoxy) is 2. The van der Waals surface area contributed by atoms with Crippen LogP contribution in [0.3, 0.4) is 0 Å². The normalized spacial score (nSPS) is 26.6. The van der Waals surface area contributed by atoms with E-state index in [0.717, 1.165) is 10.8 Å². The molecule has 3 amide bonds. The molecule has 3 aliphatic rings. The van der Waals surface area contributed by atoms with Gasteiger partial charge in [-0.3, -0.25) is 19.2 Å². The average molecular weight is 759 g/mol. The fraction of sp³-hybridized carbons (Fsp3) is 0.400. The quantitative estimate of drug-likeness (QED) is 0.131. The lowest BCUT2D eigenvalue weighted by atomic mass is 9.70. The van der Waals surface area contributed by atoms with Gasteiger partial charge in [-0.15, -0.1) is 13.2 Å². The second kappa shape index (κ2) is 15.1. The Kier molecular flexibility index (Phi) is 10.8. The van der Waals surface area contributed by atoms with Gasteiger partial charge >= 0.3 is 5.97 Å². The molecule has 9 atom stereocenters. The maximum atomic E-state index is 14.9. The number of carbonyl (C=O) groups is 4. The minimum atomic E-state index is -1.37. The molecule has 0 aromatic heterocycles. The van der Waals surface area contributed by atoms with Crippen molar-refractivity contribution in [2.24, 2.45) is 11.8 Å². The molecule has 1 spiro atoms. The van der Waals surface area contributed by atoms with E-state index in [1.54, 1.807) is 30.9 Å². The van der Waals surface area contributed by atoms with Crippen LogP contribution < -0.4 is 10.2 Å². The van der Waals surface area contributed by atoms with Crippen LogP contribution >= 0.6 is 15.9 Å². The Hall–Kier alpha value is -4.32. The first-order chi connectivity index (χ1) is 24.6. The van der Waals surface area contributed by atoms with E-state index in [1.165, 1.54) is 4.90 Å². The number of amides is 3. The summed E-state index contributed by atoms with van der Waals surface area (Å²) in [5.41, 5.74) is -0.0760. The number of anilines is 1. The number of allylic oxidation sites excluding steroid dienone is 1. The molecule has 10 nitrogen and oxygen atoms in total. The third kappa shape index (κ3) is 6.63. The van der Waals surface area contributed by atoms with Gasteiger partial charge in [0.25, 0.3) is 5.91 Å². The average Bonchev–Trinajstić information content (AvgIpc) is 3.74. The van der Waals surface area contributed by atoms with Crippen molar-refractivity contribution in [3.8, 4) is 0 Å². The van der Waals surface area contributed by atoms with Gasteiger partial charge in [-0.05, 0) is 55.2 Å². The van der Waals surface area contributed by atoms with E-state index in [-0.39, 0.29) is 23.7 Å². The molecule has 3 aromatic rings. The molecule has 268 valence electrons. The molecule has 0 aliphatic carbocycles. The number of esters is 1. The van der Waals surface area contributed by atoms with Gasteiger partial charge in [0.2, 0.25) is 11.8 Å². The van der Waals surface area contributed by atoms with Crippen LogP contribution in [-0.2, 0) is 28.7 Å². The van der Waals surface area contributed by atoms with E-state index in [9.17, 15) is 24.3 Å². The number of likely N-dealkylation sites (tertiary alicyclic amines) is 1. The minimum Gasteiger partial charge on any atom is -0.455 e. The van der Waals surface area contributed by atoms with Crippen molar-refractivity contribution in [3.05, 3.63) is 104 Å². The molecular formula is C40H44BrN3O7. The van der Waals surface area contributed by atoms with Gasteiger partial charge in [0, 0.05) is 23.5 Å². The lowest BCUT2D eigenvalue weighted by molar-refractivity contribution is -0.162. The van der Waals surface area contributed by atoms with Crippen molar-refractivity contribution in [2.45, 2.75) is 73.9 Å². The van der Waals surface area contributed by atoms with Crippen molar-refractivity contribution in [3.63, 3.8) is 0 Å². The number of nitrogens with one attached hydrogen (secondary N) is 1. The van der Waals surface area contributed by atoms with E-state index in [2.05, 4.69) is 34.4 Å². The lowest BCUT2D eigenvalue weighted by Gasteiger charge is -2.38. The van der Waals surface area contributed by atoms with Crippen LogP contribution in [0.5, 0.6) is 0 Å². The van der Waals surface area contributed by atoms with Crippen molar-refractivity contribution in [1.29, 1.82) is 0 Å². The molecule has 2 bridgehead atoms. The Labute approximate surface area is 306 Å². The Bertz CT molecular complexity index is 1820. The first-order valence-corrected chi connectivity index (χ1v) is 18.3. The van der Waals surface area contributed by atoms with Crippen LogP contribution in [0.25, 0.3) is 10.8 Å². The number of rotatable bonds is 14. The summed E-state index contributed by atoms with van der Waals surface area (Å²) in [6.07, 6.45) is 2.70. The number of aliphatic hydroxyl groups is 1. The largest absolute Gasteiger partial charge is 0.455 e. The maximum absolute atomic E-state index is 14.9. The number of fused-ring (bicyclic) bond motifs is 2. The molecule has 0 saturated carbocycles. The Balaban J connectivity index is 1.36. The second-order valence-corrected chi connectivity index (χ2v) is 14.8. The Morgan fingerprint density at radius 1 is 1.08 bits per heavy atom.